The Morgan fingerprint density at radius 3 is 2.59 bits per heavy atom. The third kappa shape index (κ3) is 3.81. The fraction of sp³-hybridized carbons (Fsp3) is 0.400. The van der Waals surface area contributed by atoms with Crippen LogP contribution in [0.25, 0.3) is 5.70 Å². The lowest BCUT2D eigenvalue weighted by molar-refractivity contribution is -0.0744. The van der Waals surface area contributed by atoms with Crippen molar-refractivity contribution in [2.24, 2.45) is 0 Å². The molecular weight excluding hydrogens is 385 g/mol. The Bertz CT molecular complexity index is 947. The summed E-state index contributed by atoms with van der Waals surface area (Å²) in [7, 11) is 1.54. The number of aromatic nitrogens is 2. The maximum Gasteiger partial charge on any atom is 0.433 e. The van der Waals surface area contributed by atoms with Gasteiger partial charge in [0, 0.05) is 24.9 Å². The number of fused-ring (bicyclic) bond motifs is 1. The molecule has 1 fully saturated rings. The molecular formula is C20H21F3N4O2. The van der Waals surface area contributed by atoms with Gasteiger partial charge in [0.25, 0.3) is 5.91 Å². The van der Waals surface area contributed by atoms with Gasteiger partial charge in [-0.3, -0.25) is 4.79 Å². The molecule has 154 valence electrons. The fourth-order valence-corrected chi connectivity index (χ4v) is 3.64. The molecule has 0 bridgehead atoms. The summed E-state index contributed by atoms with van der Waals surface area (Å²) in [5.74, 6) is 0.441. The minimum absolute atomic E-state index is 0.0107. The molecule has 0 unspecified atom stereocenters. The van der Waals surface area contributed by atoms with Crippen molar-refractivity contribution in [1.29, 1.82) is 0 Å². The summed E-state index contributed by atoms with van der Waals surface area (Å²) < 4.78 is 47.0. The number of likely N-dealkylation sites (tertiary alicyclic amines) is 1. The largest absolute Gasteiger partial charge is 0.497 e. The maximum absolute atomic E-state index is 13.7. The molecule has 3 heterocycles. The number of carbonyl (C=O) groups excluding carboxylic acids is 1. The number of piperidine rings is 1. The Kier molecular flexibility index (Phi) is 4.97. The summed E-state index contributed by atoms with van der Waals surface area (Å²) in [6.45, 7) is 1.20. The van der Waals surface area contributed by atoms with Crippen molar-refractivity contribution in [3.8, 4) is 0 Å². The first-order chi connectivity index (χ1) is 13.9. The van der Waals surface area contributed by atoms with E-state index in [1.54, 1.807) is 23.1 Å². The van der Waals surface area contributed by atoms with Crippen molar-refractivity contribution in [3.05, 3.63) is 53.1 Å². The van der Waals surface area contributed by atoms with Gasteiger partial charge >= 0.3 is 6.18 Å². The number of anilines is 1. The zero-order valence-corrected chi connectivity index (χ0v) is 15.9. The van der Waals surface area contributed by atoms with Crippen LogP contribution in [0.1, 0.15) is 36.2 Å². The van der Waals surface area contributed by atoms with Crippen LogP contribution in [-0.2, 0) is 4.74 Å². The molecule has 9 heteroatoms. The predicted molar refractivity (Wildman–Crippen MR) is 102 cm³/mol. The number of hydrogen-bond donors (Lipinski definition) is 1. The first kappa shape index (κ1) is 19.4. The van der Waals surface area contributed by atoms with Gasteiger partial charge in [-0.15, -0.1) is 0 Å². The highest BCUT2D eigenvalue weighted by Crippen LogP contribution is 2.37. The van der Waals surface area contributed by atoms with E-state index in [2.05, 4.69) is 10.4 Å². The van der Waals surface area contributed by atoms with Gasteiger partial charge in [-0.2, -0.15) is 18.3 Å². The van der Waals surface area contributed by atoms with Crippen molar-refractivity contribution in [1.82, 2.24) is 14.7 Å². The summed E-state index contributed by atoms with van der Waals surface area (Å²) >= 11 is 0. The second-order valence-electron chi connectivity index (χ2n) is 7.12. The molecule has 29 heavy (non-hydrogen) atoms. The molecule has 0 spiro atoms. The second kappa shape index (κ2) is 7.46. The van der Waals surface area contributed by atoms with E-state index in [-0.39, 0.29) is 17.4 Å². The lowest BCUT2D eigenvalue weighted by Gasteiger charge is -2.25. The zero-order valence-electron chi connectivity index (χ0n) is 15.9. The summed E-state index contributed by atoms with van der Waals surface area (Å²) in [4.78, 5) is 14.4. The van der Waals surface area contributed by atoms with E-state index in [4.69, 9.17) is 4.74 Å². The minimum Gasteiger partial charge on any atom is -0.497 e. The molecule has 1 aromatic heterocycles. The predicted octanol–water partition coefficient (Wildman–Crippen LogP) is 4.08. The SMILES string of the molecule is COC1=CCC(=C2C=C(C(F)(F)F)n3nc(C(=O)N4CCCCC4)cc3N2)C=C1. The molecule has 0 atom stereocenters. The summed E-state index contributed by atoms with van der Waals surface area (Å²) in [6, 6.07) is 1.39. The number of ether oxygens (including phenoxy) is 1. The van der Waals surface area contributed by atoms with Crippen LogP contribution in [0.5, 0.6) is 0 Å². The number of halogens is 3. The number of carbonyl (C=O) groups is 1. The summed E-state index contributed by atoms with van der Waals surface area (Å²) in [5, 5.41) is 6.97. The number of methoxy groups -OCH3 is 1. The lowest BCUT2D eigenvalue weighted by atomic mass is 10.0. The number of rotatable bonds is 2. The molecule has 4 rings (SSSR count). The van der Waals surface area contributed by atoms with Gasteiger partial charge < -0.3 is 15.0 Å². The second-order valence-corrected chi connectivity index (χ2v) is 7.12. The topological polar surface area (TPSA) is 59.4 Å². The Morgan fingerprint density at radius 1 is 1.21 bits per heavy atom. The molecule has 1 saturated heterocycles. The molecule has 6 nitrogen and oxygen atoms in total. The van der Waals surface area contributed by atoms with Crippen LogP contribution in [0.4, 0.5) is 19.0 Å². The number of nitrogens with one attached hydrogen (secondary N) is 1. The van der Waals surface area contributed by atoms with Crippen molar-refractivity contribution >= 4 is 17.4 Å². The maximum atomic E-state index is 13.7. The molecule has 0 radical (unpaired) electrons. The van der Waals surface area contributed by atoms with Crippen molar-refractivity contribution in [2.45, 2.75) is 31.9 Å². The van der Waals surface area contributed by atoms with Gasteiger partial charge in [-0.25, -0.2) is 4.68 Å². The first-order valence-corrected chi connectivity index (χ1v) is 9.48. The normalized spacial score (nSPS) is 21.9. The fourth-order valence-electron chi connectivity index (χ4n) is 3.64. The highest BCUT2D eigenvalue weighted by molar-refractivity contribution is 5.94. The monoisotopic (exact) mass is 406 g/mol. The number of allylic oxidation sites excluding steroid dienone is 6. The van der Waals surface area contributed by atoms with Gasteiger partial charge in [0.1, 0.15) is 17.3 Å². The third-order valence-electron chi connectivity index (χ3n) is 5.19. The Hall–Kier alpha value is -2.97. The van der Waals surface area contributed by atoms with E-state index in [1.165, 1.54) is 13.2 Å². The number of amides is 1. The average molecular weight is 406 g/mol. The highest BCUT2D eigenvalue weighted by atomic mass is 19.4. The van der Waals surface area contributed by atoms with E-state index in [1.807, 2.05) is 0 Å². The molecule has 1 aromatic rings. The van der Waals surface area contributed by atoms with E-state index in [0.29, 0.717) is 36.5 Å². The quantitative estimate of drug-likeness (QED) is 0.804. The van der Waals surface area contributed by atoms with Crippen molar-refractivity contribution in [3.63, 3.8) is 0 Å². The Balaban J connectivity index is 1.69. The molecule has 0 saturated carbocycles. The number of hydrogen-bond acceptors (Lipinski definition) is 4. The van der Waals surface area contributed by atoms with E-state index in [9.17, 15) is 18.0 Å². The van der Waals surface area contributed by atoms with Crippen LogP contribution < -0.4 is 5.32 Å². The molecule has 2 aliphatic heterocycles. The van der Waals surface area contributed by atoms with Crippen LogP contribution in [0.15, 0.2) is 47.4 Å². The van der Waals surface area contributed by atoms with E-state index >= 15 is 0 Å². The number of alkyl halides is 3. The smallest absolute Gasteiger partial charge is 0.433 e. The van der Waals surface area contributed by atoms with Crippen LogP contribution in [-0.4, -0.2) is 47.0 Å². The van der Waals surface area contributed by atoms with Gasteiger partial charge in [-0.05, 0) is 49.5 Å². The van der Waals surface area contributed by atoms with E-state index < -0.39 is 11.9 Å². The van der Waals surface area contributed by atoms with Gasteiger partial charge in [0.05, 0.1) is 7.11 Å². The van der Waals surface area contributed by atoms with E-state index in [0.717, 1.165) is 30.0 Å². The minimum atomic E-state index is -4.62. The zero-order chi connectivity index (χ0) is 20.6. The van der Waals surface area contributed by atoms with Gasteiger partial charge in [0.2, 0.25) is 0 Å². The van der Waals surface area contributed by atoms with Crippen LogP contribution >= 0.6 is 0 Å². The molecule has 1 amide bonds. The molecule has 3 aliphatic rings. The third-order valence-corrected chi connectivity index (χ3v) is 5.19. The Labute approximate surface area is 166 Å². The first-order valence-electron chi connectivity index (χ1n) is 9.48. The average Bonchev–Trinajstić information content (AvgIpc) is 3.16. The summed E-state index contributed by atoms with van der Waals surface area (Å²) in [5.41, 5.74) is 0.0890. The van der Waals surface area contributed by atoms with Crippen LogP contribution in [0.2, 0.25) is 0 Å². The van der Waals surface area contributed by atoms with Gasteiger partial charge in [-0.1, -0.05) is 6.08 Å². The standard InChI is InChI=1S/C20H21F3N4O2/c1-29-14-7-5-13(6-8-14)15-11-17(20(21,22)23)27-18(24-15)12-16(25-27)19(28)26-9-3-2-4-10-26/h5,7-8,11-12,24H,2-4,6,9-10H2,1H3. The van der Waals surface area contributed by atoms with Gasteiger partial charge in [0.15, 0.2) is 5.69 Å². The molecule has 0 aromatic carbocycles. The molecule has 1 N–H and O–H groups in total. The van der Waals surface area contributed by atoms with Crippen molar-refractivity contribution < 1.29 is 22.7 Å². The number of nitrogens with zero attached hydrogens (tertiary/aromatic N) is 3. The van der Waals surface area contributed by atoms with Crippen molar-refractivity contribution in [2.75, 3.05) is 25.5 Å². The van der Waals surface area contributed by atoms with Crippen LogP contribution in [0.3, 0.4) is 0 Å². The molecule has 1 aliphatic carbocycles. The highest BCUT2D eigenvalue weighted by Gasteiger charge is 2.40. The van der Waals surface area contributed by atoms with Crippen LogP contribution in [0, 0.1) is 0 Å². The Morgan fingerprint density at radius 2 is 1.97 bits per heavy atom. The summed E-state index contributed by atoms with van der Waals surface area (Å²) in [6.07, 6.45) is 4.89. The lowest BCUT2D eigenvalue weighted by Crippen LogP contribution is -2.35.